The molecule has 6 heteroatoms. The molecule has 86 valence electrons. The van der Waals surface area contributed by atoms with E-state index in [0.29, 0.717) is 16.8 Å². The summed E-state index contributed by atoms with van der Waals surface area (Å²) in [6.45, 7) is 2.55. The Hall–Kier alpha value is -1.36. The molecule has 0 bridgehead atoms. The first kappa shape index (κ1) is 11.1. The van der Waals surface area contributed by atoms with Crippen molar-refractivity contribution < 1.29 is 4.79 Å². The second-order valence-electron chi connectivity index (χ2n) is 3.85. The lowest BCUT2D eigenvalue weighted by atomic mass is 10.2. The van der Waals surface area contributed by atoms with Crippen LogP contribution in [0.4, 0.5) is 5.82 Å². The predicted octanol–water partition coefficient (Wildman–Crippen LogP) is 0.893. The van der Waals surface area contributed by atoms with Crippen molar-refractivity contribution in [1.82, 2.24) is 9.97 Å². The number of nitrogens with two attached hydrogens (primary N) is 1. The zero-order valence-corrected chi connectivity index (χ0v) is 9.74. The first-order valence-corrected chi connectivity index (χ1v) is 5.53. The zero-order valence-electron chi connectivity index (χ0n) is 8.98. The van der Waals surface area contributed by atoms with E-state index < -0.39 is 0 Å². The fourth-order valence-corrected chi connectivity index (χ4v) is 2.22. The van der Waals surface area contributed by atoms with Crippen molar-refractivity contribution in [2.75, 3.05) is 11.4 Å². The maximum atomic E-state index is 11.3. The summed E-state index contributed by atoms with van der Waals surface area (Å²) in [7, 11) is 0. The van der Waals surface area contributed by atoms with Gasteiger partial charge in [-0.15, -0.1) is 0 Å². The normalized spacial score (nSPS) is 20.1. The lowest BCUT2D eigenvalue weighted by molar-refractivity contribution is -0.119. The zero-order chi connectivity index (χ0) is 11.7. The van der Waals surface area contributed by atoms with Gasteiger partial charge < -0.3 is 10.6 Å². The molecule has 1 aromatic rings. The number of aromatic nitrogens is 2. The SMILES string of the molecule is Cc1nc(Cl)cc(N2CCCC2C(N)=O)n1. The third-order valence-corrected chi connectivity index (χ3v) is 2.86. The van der Waals surface area contributed by atoms with E-state index in [-0.39, 0.29) is 11.9 Å². The molecular weight excluding hydrogens is 228 g/mol. The monoisotopic (exact) mass is 240 g/mol. The van der Waals surface area contributed by atoms with Gasteiger partial charge >= 0.3 is 0 Å². The molecular formula is C10H13ClN4O. The second kappa shape index (κ2) is 4.25. The second-order valence-corrected chi connectivity index (χ2v) is 4.24. The number of aryl methyl sites for hydroxylation is 1. The van der Waals surface area contributed by atoms with Crippen LogP contribution >= 0.6 is 11.6 Å². The van der Waals surface area contributed by atoms with Crippen LogP contribution in [0.5, 0.6) is 0 Å². The summed E-state index contributed by atoms with van der Waals surface area (Å²) in [4.78, 5) is 21.4. The van der Waals surface area contributed by atoms with E-state index in [1.807, 2.05) is 4.90 Å². The predicted molar refractivity (Wildman–Crippen MR) is 61.3 cm³/mol. The van der Waals surface area contributed by atoms with E-state index in [9.17, 15) is 4.79 Å². The van der Waals surface area contributed by atoms with Crippen molar-refractivity contribution in [3.8, 4) is 0 Å². The summed E-state index contributed by atoms with van der Waals surface area (Å²) in [5.74, 6) is 0.960. The molecule has 1 saturated heterocycles. The summed E-state index contributed by atoms with van der Waals surface area (Å²) in [5.41, 5.74) is 5.34. The molecule has 1 aliphatic heterocycles. The highest BCUT2D eigenvalue weighted by molar-refractivity contribution is 6.29. The Labute approximate surface area is 98.6 Å². The molecule has 0 radical (unpaired) electrons. The molecule has 1 fully saturated rings. The Morgan fingerprint density at radius 2 is 2.38 bits per heavy atom. The van der Waals surface area contributed by atoms with Crippen molar-refractivity contribution in [2.45, 2.75) is 25.8 Å². The smallest absolute Gasteiger partial charge is 0.240 e. The highest BCUT2D eigenvalue weighted by Crippen LogP contribution is 2.25. The Bertz CT molecular complexity index is 403. The van der Waals surface area contributed by atoms with Gasteiger partial charge in [0.15, 0.2) is 0 Å². The minimum absolute atomic E-state index is 0.273. The van der Waals surface area contributed by atoms with E-state index >= 15 is 0 Å². The van der Waals surface area contributed by atoms with E-state index in [0.717, 1.165) is 19.4 Å². The third-order valence-electron chi connectivity index (χ3n) is 2.67. The molecule has 16 heavy (non-hydrogen) atoms. The number of nitrogens with zero attached hydrogens (tertiary/aromatic N) is 3. The van der Waals surface area contributed by atoms with Gasteiger partial charge in [0.1, 0.15) is 22.8 Å². The summed E-state index contributed by atoms with van der Waals surface area (Å²) in [5, 5.41) is 0.387. The molecule has 1 atom stereocenters. The number of hydrogen-bond donors (Lipinski definition) is 1. The molecule has 1 amide bonds. The Balaban J connectivity index is 2.32. The molecule has 1 unspecified atom stereocenters. The van der Waals surface area contributed by atoms with Gasteiger partial charge in [0.2, 0.25) is 5.91 Å². The fraction of sp³-hybridized carbons (Fsp3) is 0.500. The largest absolute Gasteiger partial charge is 0.368 e. The third kappa shape index (κ3) is 2.09. The number of rotatable bonds is 2. The summed E-state index contributed by atoms with van der Waals surface area (Å²) >= 11 is 5.86. The first-order valence-electron chi connectivity index (χ1n) is 5.15. The van der Waals surface area contributed by atoms with Gasteiger partial charge in [-0.05, 0) is 19.8 Å². The molecule has 0 aromatic carbocycles. The quantitative estimate of drug-likeness (QED) is 0.780. The maximum Gasteiger partial charge on any atom is 0.240 e. The summed E-state index contributed by atoms with van der Waals surface area (Å²) in [6, 6.07) is 1.39. The highest BCUT2D eigenvalue weighted by atomic mass is 35.5. The van der Waals surface area contributed by atoms with Gasteiger partial charge in [-0.25, -0.2) is 9.97 Å². The molecule has 1 aliphatic rings. The Morgan fingerprint density at radius 3 is 3.00 bits per heavy atom. The van der Waals surface area contributed by atoms with Crippen LogP contribution in [0.2, 0.25) is 5.15 Å². The van der Waals surface area contributed by atoms with Crippen molar-refractivity contribution in [1.29, 1.82) is 0 Å². The lowest BCUT2D eigenvalue weighted by Crippen LogP contribution is -2.40. The summed E-state index contributed by atoms with van der Waals surface area (Å²) < 4.78 is 0. The van der Waals surface area contributed by atoms with Crippen molar-refractivity contribution in [3.63, 3.8) is 0 Å². The minimum Gasteiger partial charge on any atom is -0.368 e. The van der Waals surface area contributed by atoms with Gasteiger partial charge in [0, 0.05) is 12.6 Å². The van der Waals surface area contributed by atoms with Crippen molar-refractivity contribution >= 4 is 23.3 Å². The average molecular weight is 241 g/mol. The molecule has 0 saturated carbocycles. The highest BCUT2D eigenvalue weighted by Gasteiger charge is 2.30. The molecule has 5 nitrogen and oxygen atoms in total. The maximum absolute atomic E-state index is 11.3. The van der Waals surface area contributed by atoms with Gasteiger partial charge in [0.05, 0.1) is 0 Å². The van der Waals surface area contributed by atoms with Crippen LogP contribution in [0, 0.1) is 6.92 Å². The number of hydrogen-bond acceptors (Lipinski definition) is 4. The summed E-state index contributed by atoms with van der Waals surface area (Å²) in [6.07, 6.45) is 1.71. The number of anilines is 1. The van der Waals surface area contributed by atoms with Gasteiger partial charge in [-0.1, -0.05) is 11.6 Å². The van der Waals surface area contributed by atoms with E-state index in [4.69, 9.17) is 17.3 Å². The molecule has 2 heterocycles. The van der Waals surface area contributed by atoms with E-state index in [1.54, 1.807) is 13.0 Å². The number of primary amides is 1. The van der Waals surface area contributed by atoms with Crippen LogP contribution in [0.25, 0.3) is 0 Å². The van der Waals surface area contributed by atoms with Crippen LogP contribution in [0.15, 0.2) is 6.07 Å². The van der Waals surface area contributed by atoms with Crippen LogP contribution in [0.1, 0.15) is 18.7 Å². The molecule has 1 aromatic heterocycles. The first-order chi connectivity index (χ1) is 7.58. The van der Waals surface area contributed by atoms with Crippen LogP contribution < -0.4 is 10.6 Å². The molecule has 2 N–H and O–H groups in total. The number of halogens is 1. The van der Waals surface area contributed by atoms with Crippen molar-refractivity contribution in [2.24, 2.45) is 5.73 Å². The number of amides is 1. The van der Waals surface area contributed by atoms with E-state index in [2.05, 4.69) is 9.97 Å². The molecule has 0 spiro atoms. The van der Waals surface area contributed by atoms with Gasteiger partial charge in [0.25, 0.3) is 0 Å². The molecule has 2 rings (SSSR count). The average Bonchev–Trinajstić information content (AvgIpc) is 2.63. The number of carbonyl (C=O) groups excluding carboxylic acids is 1. The van der Waals surface area contributed by atoms with Gasteiger partial charge in [-0.3, -0.25) is 4.79 Å². The number of carbonyl (C=O) groups is 1. The molecule has 0 aliphatic carbocycles. The standard InChI is InChI=1S/C10H13ClN4O/c1-6-13-8(11)5-9(14-6)15-4-2-3-7(15)10(12)16/h5,7H,2-4H2,1H3,(H2,12,16). The lowest BCUT2D eigenvalue weighted by Gasteiger charge is -2.23. The Kier molecular flexibility index (Phi) is 2.96. The van der Waals surface area contributed by atoms with Crippen LogP contribution in [0.3, 0.4) is 0 Å². The van der Waals surface area contributed by atoms with Gasteiger partial charge in [-0.2, -0.15) is 0 Å². The van der Waals surface area contributed by atoms with Crippen LogP contribution in [-0.2, 0) is 4.79 Å². The van der Waals surface area contributed by atoms with E-state index in [1.165, 1.54) is 0 Å². The Morgan fingerprint density at radius 1 is 1.62 bits per heavy atom. The topological polar surface area (TPSA) is 72.1 Å². The fourth-order valence-electron chi connectivity index (χ4n) is 2.00. The van der Waals surface area contributed by atoms with Crippen molar-refractivity contribution in [3.05, 3.63) is 17.0 Å². The minimum atomic E-state index is -0.315. The van der Waals surface area contributed by atoms with Crippen LogP contribution in [-0.4, -0.2) is 28.5 Å².